The molecular formula is C18H23N3O3S. The maximum atomic E-state index is 12.4. The number of nitrogens with zero attached hydrogens (tertiary/aromatic N) is 3. The molecule has 1 amide bonds. The average molecular weight is 361 g/mol. The van der Waals surface area contributed by atoms with E-state index in [0.29, 0.717) is 17.7 Å². The molecule has 0 spiro atoms. The Morgan fingerprint density at radius 1 is 1.32 bits per heavy atom. The van der Waals surface area contributed by atoms with E-state index in [-0.39, 0.29) is 12.1 Å². The molecule has 1 saturated heterocycles. The van der Waals surface area contributed by atoms with Gasteiger partial charge in [0.1, 0.15) is 11.6 Å². The van der Waals surface area contributed by atoms with Crippen LogP contribution in [0.25, 0.3) is 0 Å². The minimum atomic E-state index is -0.518. The minimum absolute atomic E-state index is 0.201. The smallest absolute Gasteiger partial charge is 0.410 e. The Kier molecular flexibility index (Phi) is 5.32. The third-order valence-corrected chi connectivity index (χ3v) is 4.68. The van der Waals surface area contributed by atoms with Crippen LogP contribution >= 0.6 is 11.8 Å². The molecule has 2 heterocycles. The summed E-state index contributed by atoms with van der Waals surface area (Å²) in [6, 6.07) is 9.92. The average Bonchev–Trinajstić information content (AvgIpc) is 3.21. The SMILES string of the molecule is CC(C)(C)OC(=O)N1CCC[C@@H]1c1nnc(SCc2ccccc2)o1. The van der Waals surface area contributed by atoms with E-state index < -0.39 is 5.60 Å². The van der Waals surface area contributed by atoms with Crippen LogP contribution < -0.4 is 0 Å². The van der Waals surface area contributed by atoms with Crippen molar-refractivity contribution in [2.24, 2.45) is 0 Å². The lowest BCUT2D eigenvalue weighted by Gasteiger charge is -2.27. The summed E-state index contributed by atoms with van der Waals surface area (Å²) >= 11 is 1.50. The fourth-order valence-electron chi connectivity index (χ4n) is 2.70. The van der Waals surface area contributed by atoms with Gasteiger partial charge in [0.25, 0.3) is 5.22 Å². The highest BCUT2D eigenvalue weighted by atomic mass is 32.2. The molecule has 134 valence electrons. The van der Waals surface area contributed by atoms with Gasteiger partial charge in [-0.2, -0.15) is 0 Å². The van der Waals surface area contributed by atoms with Gasteiger partial charge in [0.2, 0.25) is 5.89 Å². The maximum Gasteiger partial charge on any atom is 0.410 e. The predicted molar refractivity (Wildman–Crippen MR) is 95.2 cm³/mol. The van der Waals surface area contributed by atoms with E-state index in [1.54, 1.807) is 4.90 Å². The lowest BCUT2D eigenvalue weighted by Crippen LogP contribution is -2.36. The molecule has 25 heavy (non-hydrogen) atoms. The zero-order chi connectivity index (χ0) is 17.9. The number of carbonyl (C=O) groups is 1. The number of ether oxygens (including phenoxy) is 1. The van der Waals surface area contributed by atoms with Crippen molar-refractivity contribution >= 4 is 17.9 Å². The van der Waals surface area contributed by atoms with Crippen LogP contribution in [-0.4, -0.2) is 33.3 Å². The summed E-state index contributed by atoms with van der Waals surface area (Å²) in [5, 5.41) is 8.79. The van der Waals surface area contributed by atoms with E-state index in [1.165, 1.54) is 17.3 Å². The largest absolute Gasteiger partial charge is 0.444 e. The van der Waals surface area contributed by atoms with Crippen LogP contribution in [0.2, 0.25) is 0 Å². The van der Waals surface area contributed by atoms with Crippen molar-refractivity contribution in [2.75, 3.05) is 6.54 Å². The van der Waals surface area contributed by atoms with Gasteiger partial charge in [-0.3, -0.25) is 4.90 Å². The molecule has 1 fully saturated rings. The minimum Gasteiger partial charge on any atom is -0.444 e. The standard InChI is InChI=1S/C18H23N3O3S/c1-18(2,3)24-17(22)21-11-7-10-14(21)15-19-20-16(23-15)25-12-13-8-5-4-6-9-13/h4-6,8-9,14H,7,10-12H2,1-3H3/t14-/m1/s1. The van der Waals surface area contributed by atoms with Gasteiger partial charge >= 0.3 is 6.09 Å². The number of benzene rings is 1. The van der Waals surface area contributed by atoms with E-state index in [2.05, 4.69) is 22.3 Å². The van der Waals surface area contributed by atoms with Gasteiger partial charge in [0, 0.05) is 12.3 Å². The van der Waals surface area contributed by atoms with Gasteiger partial charge in [-0.1, -0.05) is 42.1 Å². The zero-order valence-corrected chi connectivity index (χ0v) is 15.6. The molecule has 0 bridgehead atoms. The zero-order valence-electron chi connectivity index (χ0n) is 14.8. The Morgan fingerprint density at radius 2 is 2.08 bits per heavy atom. The molecule has 0 aliphatic carbocycles. The second kappa shape index (κ2) is 7.47. The molecule has 1 aromatic heterocycles. The fourth-order valence-corrected chi connectivity index (χ4v) is 3.42. The quantitative estimate of drug-likeness (QED) is 0.750. The van der Waals surface area contributed by atoms with Gasteiger partial charge < -0.3 is 9.15 Å². The lowest BCUT2D eigenvalue weighted by atomic mass is 10.2. The fraction of sp³-hybridized carbons (Fsp3) is 0.500. The van der Waals surface area contributed by atoms with Crippen LogP contribution in [0.1, 0.15) is 51.1 Å². The van der Waals surface area contributed by atoms with Crippen LogP contribution in [0.15, 0.2) is 40.0 Å². The van der Waals surface area contributed by atoms with Gasteiger partial charge in [0.15, 0.2) is 0 Å². The van der Waals surface area contributed by atoms with Gasteiger partial charge in [-0.15, -0.1) is 10.2 Å². The van der Waals surface area contributed by atoms with Crippen molar-refractivity contribution in [1.82, 2.24) is 15.1 Å². The van der Waals surface area contributed by atoms with Gasteiger partial charge in [-0.05, 0) is 39.2 Å². The van der Waals surface area contributed by atoms with Crippen LogP contribution in [0.4, 0.5) is 4.79 Å². The second-order valence-corrected chi connectivity index (χ2v) is 7.94. The first-order valence-electron chi connectivity index (χ1n) is 8.42. The lowest BCUT2D eigenvalue weighted by molar-refractivity contribution is 0.0201. The van der Waals surface area contributed by atoms with E-state index >= 15 is 0 Å². The van der Waals surface area contributed by atoms with Crippen molar-refractivity contribution in [2.45, 2.75) is 56.2 Å². The summed E-state index contributed by atoms with van der Waals surface area (Å²) in [6.07, 6.45) is 1.38. The van der Waals surface area contributed by atoms with Gasteiger partial charge in [-0.25, -0.2) is 4.79 Å². The molecular weight excluding hydrogens is 338 g/mol. The number of amides is 1. The Bertz CT molecular complexity index is 712. The van der Waals surface area contributed by atoms with Crippen LogP contribution in [0, 0.1) is 0 Å². The van der Waals surface area contributed by atoms with Crippen molar-refractivity contribution in [3.8, 4) is 0 Å². The van der Waals surface area contributed by atoms with Crippen LogP contribution in [-0.2, 0) is 10.5 Å². The molecule has 1 aliphatic rings. The first-order chi connectivity index (χ1) is 11.9. The highest BCUT2D eigenvalue weighted by molar-refractivity contribution is 7.98. The molecule has 6 nitrogen and oxygen atoms in total. The van der Waals surface area contributed by atoms with Gasteiger partial charge in [0.05, 0.1) is 0 Å². The molecule has 1 atom stereocenters. The summed E-state index contributed by atoms with van der Waals surface area (Å²) in [6.45, 7) is 6.23. The number of hydrogen-bond acceptors (Lipinski definition) is 6. The van der Waals surface area contributed by atoms with Crippen LogP contribution in [0.5, 0.6) is 0 Å². The number of rotatable bonds is 4. The number of carbonyl (C=O) groups excluding carboxylic acids is 1. The van der Waals surface area contributed by atoms with Crippen molar-refractivity contribution in [1.29, 1.82) is 0 Å². The monoisotopic (exact) mass is 361 g/mol. The molecule has 1 aromatic carbocycles. The third-order valence-electron chi connectivity index (χ3n) is 3.79. The normalized spacial score (nSPS) is 17.7. The first-order valence-corrected chi connectivity index (χ1v) is 9.41. The number of aromatic nitrogens is 2. The highest BCUT2D eigenvalue weighted by Gasteiger charge is 2.36. The molecule has 0 unspecified atom stereocenters. The van der Waals surface area contributed by atoms with E-state index in [9.17, 15) is 4.79 Å². The molecule has 0 N–H and O–H groups in total. The molecule has 3 rings (SSSR count). The Morgan fingerprint density at radius 3 is 2.80 bits per heavy atom. The number of likely N-dealkylation sites (tertiary alicyclic amines) is 1. The van der Waals surface area contributed by atoms with E-state index in [1.807, 2.05) is 39.0 Å². The first kappa shape index (κ1) is 17.8. The predicted octanol–water partition coefficient (Wildman–Crippen LogP) is 4.43. The molecule has 7 heteroatoms. The van der Waals surface area contributed by atoms with E-state index in [0.717, 1.165) is 18.6 Å². The molecule has 0 radical (unpaired) electrons. The number of thioether (sulfide) groups is 1. The van der Waals surface area contributed by atoms with Crippen molar-refractivity contribution < 1.29 is 13.9 Å². The van der Waals surface area contributed by atoms with Crippen molar-refractivity contribution in [3.05, 3.63) is 41.8 Å². The number of hydrogen-bond donors (Lipinski definition) is 0. The topological polar surface area (TPSA) is 68.5 Å². The Balaban J connectivity index is 1.63. The molecule has 1 aliphatic heterocycles. The highest BCUT2D eigenvalue weighted by Crippen LogP contribution is 2.34. The van der Waals surface area contributed by atoms with E-state index in [4.69, 9.17) is 9.15 Å². The maximum absolute atomic E-state index is 12.4. The summed E-state index contributed by atoms with van der Waals surface area (Å²) in [7, 11) is 0. The second-order valence-electron chi connectivity index (χ2n) is 7.01. The summed E-state index contributed by atoms with van der Waals surface area (Å²) in [5.41, 5.74) is 0.680. The summed E-state index contributed by atoms with van der Waals surface area (Å²) < 4.78 is 11.3. The summed E-state index contributed by atoms with van der Waals surface area (Å²) in [5.74, 6) is 1.25. The summed E-state index contributed by atoms with van der Waals surface area (Å²) in [4.78, 5) is 14.1. The van der Waals surface area contributed by atoms with Crippen LogP contribution in [0.3, 0.4) is 0 Å². The Hall–Kier alpha value is -2.02. The Labute approximate surface area is 151 Å². The van der Waals surface area contributed by atoms with Crippen molar-refractivity contribution in [3.63, 3.8) is 0 Å². The molecule has 2 aromatic rings. The molecule has 0 saturated carbocycles. The third kappa shape index (κ3) is 4.75.